The first-order valence-electron chi connectivity index (χ1n) is 10.2. The van der Waals surface area contributed by atoms with Gasteiger partial charge in [-0.05, 0) is 69.0 Å². The lowest BCUT2D eigenvalue weighted by molar-refractivity contribution is 0.0546. The zero-order chi connectivity index (χ0) is 20.4. The van der Waals surface area contributed by atoms with Crippen LogP contribution < -0.4 is 10.1 Å². The third kappa shape index (κ3) is 3.97. The van der Waals surface area contributed by atoms with E-state index < -0.39 is 0 Å². The Morgan fingerprint density at radius 2 is 1.72 bits per heavy atom. The molecule has 5 nitrogen and oxygen atoms in total. The Labute approximate surface area is 169 Å². The van der Waals surface area contributed by atoms with Crippen LogP contribution in [0, 0.1) is 5.82 Å². The summed E-state index contributed by atoms with van der Waals surface area (Å²) in [4.78, 5) is 27.7. The van der Waals surface area contributed by atoms with Gasteiger partial charge in [-0.25, -0.2) is 4.39 Å². The van der Waals surface area contributed by atoms with Gasteiger partial charge in [0.15, 0.2) is 0 Å². The third-order valence-electron chi connectivity index (χ3n) is 5.83. The van der Waals surface area contributed by atoms with Crippen molar-refractivity contribution in [2.45, 2.75) is 50.7 Å². The summed E-state index contributed by atoms with van der Waals surface area (Å²) >= 11 is 0. The number of hydrogen-bond acceptors (Lipinski definition) is 3. The first-order valence-corrected chi connectivity index (χ1v) is 10.2. The van der Waals surface area contributed by atoms with E-state index in [0.717, 1.165) is 25.7 Å². The Morgan fingerprint density at radius 1 is 1.07 bits per heavy atom. The number of piperidine rings is 1. The summed E-state index contributed by atoms with van der Waals surface area (Å²) in [6.07, 6.45) is 3.34. The topological polar surface area (TPSA) is 58.6 Å². The molecule has 2 heterocycles. The Kier molecular flexibility index (Phi) is 5.51. The predicted molar refractivity (Wildman–Crippen MR) is 107 cm³/mol. The number of ether oxygens (including phenoxy) is 1. The fraction of sp³-hybridized carbons (Fsp3) is 0.391. The summed E-state index contributed by atoms with van der Waals surface area (Å²) in [7, 11) is 0. The summed E-state index contributed by atoms with van der Waals surface area (Å²) in [6, 6.07) is 13.1. The van der Waals surface area contributed by atoms with Gasteiger partial charge in [-0.3, -0.25) is 9.59 Å². The summed E-state index contributed by atoms with van der Waals surface area (Å²) < 4.78 is 18.7. The Balaban J connectivity index is 1.45. The van der Waals surface area contributed by atoms with Crippen molar-refractivity contribution in [2.24, 2.45) is 0 Å². The van der Waals surface area contributed by atoms with E-state index in [0.29, 0.717) is 23.5 Å². The second kappa shape index (κ2) is 8.23. The van der Waals surface area contributed by atoms with Crippen LogP contribution in [0.4, 0.5) is 4.39 Å². The summed E-state index contributed by atoms with van der Waals surface area (Å²) in [6.45, 7) is 2.41. The molecule has 2 aromatic rings. The number of carbonyl (C=O) groups excluding carboxylic acids is 2. The number of amides is 2. The van der Waals surface area contributed by atoms with Gasteiger partial charge in [-0.15, -0.1) is 0 Å². The normalized spacial score (nSPS) is 23.0. The lowest BCUT2D eigenvalue weighted by Gasteiger charge is -2.39. The van der Waals surface area contributed by atoms with Gasteiger partial charge in [0.05, 0.1) is 12.2 Å². The molecule has 2 bridgehead atoms. The number of para-hydroxylation sites is 1. The highest BCUT2D eigenvalue weighted by Crippen LogP contribution is 2.38. The van der Waals surface area contributed by atoms with Crippen LogP contribution in [0.5, 0.6) is 5.75 Å². The molecule has 152 valence electrons. The molecule has 0 spiro atoms. The molecule has 2 atom stereocenters. The van der Waals surface area contributed by atoms with Gasteiger partial charge in [0, 0.05) is 23.7 Å². The van der Waals surface area contributed by atoms with Crippen LogP contribution in [0.1, 0.15) is 53.3 Å². The quantitative estimate of drug-likeness (QED) is 0.837. The SMILES string of the molecule is CCOc1ccccc1C(=O)N1C2CCC1CC(NC(=O)c1ccc(F)cc1)C2. The maximum Gasteiger partial charge on any atom is 0.258 e. The predicted octanol–water partition coefficient (Wildman–Crippen LogP) is 3.79. The lowest BCUT2D eigenvalue weighted by atomic mass is 9.95. The minimum Gasteiger partial charge on any atom is -0.493 e. The number of nitrogens with zero attached hydrogens (tertiary/aromatic N) is 1. The fourth-order valence-corrected chi connectivity index (χ4v) is 4.56. The zero-order valence-electron chi connectivity index (χ0n) is 16.4. The summed E-state index contributed by atoms with van der Waals surface area (Å²) in [5.74, 6) is 0.0608. The zero-order valence-corrected chi connectivity index (χ0v) is 16.4. The number of benzene rings is 2. The van der Waals surface area contributed by atoms with Crippen molar-refractivity contribution >= 4 is 11.8 Å². The smallest absolute Gasteiger partial charge is 0.258 e. The molecule has 0 aromatic heterocycles. The summed E-state index contributed by atoms with van der Waals surface area (Å²) in [5, 5.41) is 3.06. The average Bonchev–Trinajstić information content (AvgIpc) is 2.99. The van der Waals surface area contributed by atoms with Crippen molar-refractivity contribution in [3.8, 4) is 5.75 Å². The molecule has 2 fully saturated rings. The maximum atomic E-state index is 13.3. The van der Waals surface area contributed by atoms with E-state index in [-0.39, 0.29) is 35.8 Å². The minimum absolute atomic E-state index is 0.00450. The highest BCUT2D eigenvalue weighted by atomic mass is 19.1. The summed E-state index contributed by atoms with van der Waals surface area (Å²) in [5.41, 5.74) is 1.04. The van der Waals surface area contributed by atoms with E-state index in [2.05, 4.69) is 5.32 Å². The van der Waals surface area contributed by atoms with E-state index in [1.165, 1.54) is 24.3 Å². The van der Waals surface area contributed by atoms with Crippen molar-refractivity contribution < 1.29 is 18.7 Å². The molecule has 2 aliphatic heterocycles. The van der Waals surface area contributed by atoms with Crippen LogP contribution in [0.3, 0.4) is 0 Å². The molecule has 2 aliphatic rings. The van der Waals surface area contributed by atoms with Crippen molar-refractivity contribution in [3.05, 3.63) is 65.5 Å². The lowest BCUT2D eigenvalue weighted by Crippen LogP contribution is -2.52. The molecular formula is C23H25FN2O3. The first kappa shape index (κ1) is 19.4. The number of hydrogen-bond donors (Lipinski definition) is 1. The molecular weight excluding hydrogens is 371 g/mol. The van der Waals surface area contributed by atoms with Crippen molar-refractivity contribution in [2.75, 3.05) is 6.61 Å². The minimum atomic E-state index is -0.362. The number of rotatable bonds is 5. The molecule has 1 N–H and O–H groups in total. The van der Waals surface area contributed by atoms with Crippen molar-refractivity contribution in [1.29, 1.82) is 0 Å². The van der Waals surface area contributed by atoms with E-state index in [1.54, 1.807) is 0 Å². The van der Waals surface area contributed by atoms with Gasteiger partial charge < -0.3 is 15.0 Å². The van der Waals surface area contributed by atoms with Crippen LogP contribution in [0.25, 0.3) is 0 Å². The van der Waals surface area contributed by atoms with Crippen molar-refractivity contribution in [1.82, 2.24) is 10.2 Å². The van der Waals surface area contributed by atoms with Gasteiger partial charge in [0.1, 0.15) is 11.6 Å². The molecule has 29 heavy (non-hydrogen) atoms. The third-order valence-corrected chi connectivity index (χ3v) is 5.83. The Hall–Kier alpha value is -2.89. The molecule has 2 aromatic carbocycles. The number of fused-ring (bicyclic) bond motifs is 2. The van der Waals surface area contributed by atoms with Crippen LogP contribution in [0.15, 0.2) is 48.5 Å². The van der Waals surface area contributed by atoms with Crippen LogP contribution >= 0.6 is 0 Å². The Morgan fingerprint density at radius 3 is 2.38 bits per heavy atom. The first-order chi connectivity index (χ1) is 14.1. The largest absolute Gasteiger partial charge is 0.493 e. The fourth-order valence-electron chi connectivity index (χ4n) is 4.56. The number of carbonyl (C=O) groups is 2. The second-order valence-electron chi connectivity index (χ2n) is 7.68. The number of nitrogens with one attached hydrogen (secondary N) is 1. The van der Waals surface area contributed by atoms with Gasteiger partial charge in [-0.1, -0.05) is 12.1 Å². The molecule has 2 unspecified atom stereocenters. The van der Waals surface area contributed by atoms with Crippen LogP contribution in [-0.2, 0) is 0 Å². The molecule has 0 radical (unpaired) electrons. The van der Waals surface area contributed by atoms with Gasteiger partial charge in [0.25, 0.3) is 11.8 Å². The molecule has 0 aliphatic carbocycles. The number of halogens is 1. The van der Waals surface area contributed by atoms with E-state index in [9.17, 15) is 14.0 Å². The second-order valence-corrected chi connectivity index (χ2v) is 7.68. The molecule has 4 rings (SSSR count). The van der Waals surface area contributed by atoms with Crippen LogP contribution in [-0.4, -0.2) is 41.4 Å². The van der Waals surface area contributed by atoms with Gasteiger partial charge >= 0.3 is 0 Å². The van der Waals surface area contributed by atoms with Gasteiger partial charge in [0.2, 0.25) is 0 Å². The van der Waals surface area contributed by atoms with E-state index in [4.69, 9.17) is 4.74 Å². The molecule has 0 saturated carbocycles. The monoisotopic (exact) mass is 396 g/mol. The Bertz CT molecular complexity index is 885. The van der Waals surface area contributed by atoms with E-state index in [1.807, 2.05) is 36.1 Å². The highest BCUT2D eigenvalue weighted by molar-refractivity contribution is 5.98. The molecule has 2 saturated heterocycles. The molecule has 6 heteroatoms. The van der Waals surface area contributed by atoms with E-state index >= 15 is 0 Å². The van der Waals surface area contributed by atoms with Crippen molar-refractivity contribution in [3.63, 3.8) is 0 Å². The van der Waals surface area contributed by atoms with Crippen LogP contribution in [0.2, 0.25) is 0 Å². The standard InChI is InChI=1S/C23H25FN2O3/c1-2-29-21-6-4-3-5-20(21)23(28)26-18-11-12-19(26)14-17(13-18)25-22(27)15-7-9-16(24)10-8-15/h3-10,17-19H,2,11-14H2,1H3,(H,25,27). The van der Waals surface area contributed by atoms with Gasteiger partial charge in [-0.2, -0.15) is 0 Å². The average molecular weight is 396 g/mol. The molecule has 2 amide bonds. The maximum absolute atomic E-state index is 13.3. The highest BCUT2D eigenvalue weighted by Gasteiger charge is 2.44.